The normalized spacial score (nSPS) is 12.1. The fraction of sp³-hybridized carbons (Fsp3) is 0.174. The second-order valence-corrected chi connectivity index (χ2v) is 8.68. The van der Waals surface area contributed by atoms with Gasteiger partial charge in [0.25, 0.3) is 15.9 Å². The zero-order chi connectivity index (χ0) is 21.6. The van der Waals surface area contributed by atoms with E-state index in [-0.39, 0.29) is 22.4 Å². The maximum Gasteiger partial charge on any atom is 0.261 e. The summed E-state index contributed by atoms with van der Waals surface area (Å²) in [4.78, 5) is 12.6. The topological polar surface area (TPSA) is 84.5 Å². The van der Waals surface area contributed by atoms with Crippen LogP contribution in [0.2, 0.25) is 0 Å². The van der Waals surface area contributed by atoms with Gasteiger partial charge in [-0.3, -0.25) is 9.52 Å². The fourth-order valence-electron chi connectivity index (χ4n) is 2.73. The zero-order valence-corrected chi connectivity index (χ0v) is 17.6. The number of ether oxygens (including phenoxy) is 1. The minimum absolute atomic E-state index is 0.0163. The van der Waals surface area contributed by atoms with Crippen LogP contribution in [0.1, 0.15) is 22.8 Å². The summed E-state index contributed by atoms with van der Waals surface area (Å²) in [5, 5.41) is 2.83. The van der Waals surface area contributed by atoms with Gasteiger partial charge in [-0.15, -0.1) is 0 Å². The van der Waals surface area contributed by atoms with Gasteiger partial charge < -0.3 is 10.1 Å². The Bertz CT molecular complexity index is 1100. The van der Waals surface area contributed by atoms with Gasteiger partial charge in [-0.1, -0.05) is 42.0 Å². The van der Waals surface area contributed by atoms with Gasteiger partial charge >= 0.3 is 0 Å². The minimum Gasteiger partial charge on any atom is -0.491 e. The van der Waals surface area contributed by atoms with Gasteiger partial charge in [-0.25, -0.2) is 8.42 Å². The summed E-state index contributed by atoms with van der Waals surface area (Å²) in [5.41, 5.74) is 1.85. The summed E-state index contributed by atoms with van der Waals surface area (Å²) in [5.74, 6) is 0.355. The Hall–Kier alpha value is -3.32. The van der Waals surface area contributed by atoms with Crippen molar-refractivity contribution in [1.29, 1.82) is 0 Å². The molecule has 1 atom stereocenters. The van der Waals surface area contributed by atoms with Crippen molar-refractivity contribution in [3.63, 3.8) is 0 Å². The number of rotatable bonds is 8. The molecule has 0 aliphatic rings. The largest absolute Gasteiger partial charge is 0.491 e. The van der Waals surface area contributed by atoms with Crippen LogP contribution >= 0.6 is 0 Å². The van der Waals surface area contributed by atoms with E-state index in [1.165, 1.54) is 12.1 Å². The molecule has 0 unspecified atom stereocenters. The Balaban J connectivity index is 1.63. The van der Waals surface area contributed by atoms with E-state index in [4.69, 9.17) is 4.74 Å². The number of hydrogen-bond acceptors (Lipinski definition) is 4. The molecule has 0 saturated heterocycles. The molecule has 0 aliphatic heterocycles. The number of aryl methyl sites for hydroxylation is 1. The van der Waals surface area contributed by atoms with Crippen molar-refractivity contribution >= 4 is 21.6 Å². The van der Waals surface area contributed by atoms with Gasteiger partial charge in [0.1, 0.15) is 12.4 Å². The lowest BCUT2D eigenvalue weighted by molar-refractivity contribution is 0.0926. The molecular weight excluding hydrogens is 400 g/mol. The molecule has 0 radical (unpaired) electrons. The third kappa shape index (κ3) is 5.84. The highest BCUT2D eigenvalue weighted by Crippen LogP contribution is 2.17. The van der Waals surface area contributed by atoms with Crippen LogP contribution in [0.4, 0.5) is 5.69 Å². The first kappa shape index (κ1) is 21.4. The van der Waals surface area contributed by atoms with Crippen LogP contribution in [-0.2, 0) is 10.0 Å². The number of nitrogens with one attached hydrogen (secondary N) is 2. The molecule has 2 N–H and O–H groups in total. The fourth-order valence-corrected chi connectivity index (χ4v) is 3.83. The minimum atomic E-state index is -3.80. The maximum absolute atomic E-state index is 12.6. The maximum atomic E-state index is 12.6. The first-order chi connectivity index (χ1) is 14.3. The Morgan fingerprint density at radius 3 is 2.37 bits per heavy atom. The van der Waals surface area contributed by atoms with E-state index in [1.807, 2.05) is 38.1 Å². The molecule has 3 rings (SSSR count). The number of para-hydroxylation sites is 1. The molecule has 0 fully saturated rings. The SMILES string of the molecule is Cc1ccc(OC[C@H](C)NC(=O)c2cccc(S(=O)(=O)Nc3ccccc3)c2)cc1. The van der Waals surface area contributed by atoms with Crippen molar-refractivity contribution in [2.24, 2.45) is 0 Å². The summed E-state index contributed by atoms with van der Waals surface area (Å²) in [6.45, 7) is 4.11. The molecule has 0 aliphatic carbocycles. The molecular formula is C23H24N2O4S. The van der Waals surface area contributed by atoms with Crippen molar-refractivity contribution in [3.8, 4) is 5.75 Å². The number of hydrogen-bond donors (Lipinski definition) is 2. The molecule has 0 saturated carbocycles. The Labute approximate surface area is 177 Å². The summed E-state index contributed by atoms with van der Waals surface area (Å²) in [6.07, 6.45) is 0. The third-order valence-electron chi connectivity index (χ3n) is 4.33. The molecule has 1 amide bonds. The predicted molar refractivity (Wildman–Crippen MR) is 117 cm³/mol. The Kier molecular flexibility index (Phi) is 6.74. The van der Waals surface area contributed by atoms with E-state index in [0.29, 0.717) is 12.3 Å². The monoisotopic (exact) mass is 424 g/mol. The van der Waals surface area contributed by atoms with Gasteiger partial charge in [-0.2, -0.15) is 0 Å². The van der Waals surface area contributed by atoms with Crippen molar-refractivity contribution in [2.45, 2.75) is 24.8 Å². The summed E-state index contributed by atoms with van der Waals surface area (Å²) >= 11 is 0. The number of anilines is 1. The second kappa shape index (κ2) is 9.45. The lowest BCUT2D eigenvalue weighted by Gasteiger charge is -2.16. The highest BCUT2D eigenvalue weighted by Gasteiger charge is 2.17. The van der Waals surface area contributed by atoms with Gasteiger partial charge in [0.15, 0.2) is 0 Å². The predicted octanol–water partition coefficient (Wildman–Crippen LogP) is 3.99. The van der Waals surface area contributed by atoms with Crippen molar-refractivity contribution in [3.05, 3.63) is 90.0 Å². The highest BCUT2D eigenvalue weighted by atomic mass is 32.2. The Morgan fingerprint density at radius 1 is 0.967 bits per heavy atom. The average molecular weight is 425 g/mol. The molecule has 0 bridgehead atoms. The molecule has 6 nitrogen and oxygen atoms in total. The molecule has 7 heteroatoms. The lowest BCUT2D eigenvalue weighted by atomic mass is 10.2. The van der Waals surface area contributed by atoms with Crippen molar-refractivity contribution in [1.82, 2.24) is 5.32 Å². The van der Waals surface area contributed by atoms with E-state index in [9.17, 15) is 13.2 Å². The smallest absolute Gasteiger partial charge is 0.261 e. The molecule has 156 valence electrons. The van der Waals surface area contributed by atoms with Gasteiger partial charge in [0, 0.05) is 11.3 Å². The van der Waals surface area contributed by atoms with Gasteiger partial charge in [0.2, 0.25) is 0 Å². The van der Waals surface area contributed by atoms with Crippen LogP contribution < -0.4 is 14.8 Å². The third-order valence-corrected chi connectivity index (χ3v) is 5.71. The van der Waals surface area contributed by atoms with Crippen LogP contribution in [-0.4, -0.2) is 27.0 Å². The van der Waals surface area contributed by atoms with E-state index < -0.39 is 10.0 Å². The van der Waals surface area contributed by atoms with E-state index in [0.717, 1.165) is 11.3 Å². The molecule has 3 aromatic rings. The number of amides is 1. The van der Waals surface area contributed by atoms with E-state index >= 15 is 0 Å². The van der Waals surface area contributed by atoms with Crippen LogP contribution in [0.5, 0.6) is 5.75 Å². The molecule has 0 heterocycles. The quantitative estimate of drug-likeness (QED) is 0.573. The summed E-state index contributed by atoms with van der Waals surface area (Å²) in [6, 6.07) is 21.9. The molecule has 30 heavy (non-hydrogen) atoms. The number of benzene rings is 3. The number of carbonyl (C=O) groups is 1. The molecule has 3 aromatic carbocycles. The van der Waals surface area contributed by atoms with Crippen LogP contribution in [0.15, 0.2) is 83.8 Å². The van der Waals surface area contributed by atoms with Gasteiger partial charge in [0.05, 0.1) is 10.9 Å². The standard InChI is InChI=1S/C23H24N2O4S/c1-17-11-13-21(14-12-17)29-16-18(2)24-23(26)19-7-6-10-22(15-19)30(27,28)25-20-8-4-3-5-9-20/h3-15,18,25H,16H2,1-2H3,(H,24,26)/t18-/m0/s1. The van der Waals surface area contributed by atoms with Crippen molar-refractivity contribution in [2.75, 3.05) is 11.3 Å². The van der Waals surface area contributed by atoms with Crippen LogP contribution in [0, 0.1) is 6.92 Å². The Morgan fingerprint density at radius 2 is 1.67 bits per heavy atom. The highest BCUT2D eigenvalue weighted by molar-refractivity contribution is 7.92. The van der Waals surface area contributed by atoms with E-state index in [1.54, 1.807) is 42.5 Å². The lowest BCUT2D eigenvalue weighted by Crippen LogP contribution is -2.36. The van der Waals surface area contributed by atoms with E-state index in [2.05, 4.69) is 10.0 Å². The number of sulfonamides is 1. The first-order valence-electron chi connectivity index (χ1n) is 9.52. The molecule has 0 spiro atoms. The van der Waals surface area contributed by atoms with Crippen LogP contribution in [0.25, 0.3) is 0 Å². The second-order valence-electron chi connectivity index (χ2n) is 7.00. The average Bonchev–Trinajstić information content (AvgIpc) is 2.74. The summed E-state index contributed by atoms with van der Waals surface area (Å²) < 4.78 is 33.4. The summed E-state index contributed by atoms with van der Waals surface area (Å²) in [7, 11) is -3.80. The molecule has 0 aromatic heterocycles. The van der Waals surface area contributed by atoms with Crippen LogP contribution in [0.3, 0.4) is 0 Å². The van der Waals surface area contributed by atoms with Crippen molar-refractivity contribution < 1.29 is 17.9 Å². The number of carbonyl (C=O) groups excluding carboxylic acids is 1. The first-order valence-corrected chi connectivity index (χ1v) is 11.0. The zero-order valence-electron chi connectivity index (χ0n) is 16.8. The van der Waals surface area contributed by atoms with Gasteiger partial charge in [-0.05, 0) is 56.3 Å².